The minimum Gasteiger partial charge on any atom is -0.350 e. The lowest BCUT2D eigenvalue weighted by Crippen LogP contribution is -2.36. The Morgan fingerprint density at radius 3 is 2.68 bits per heavy atom. The van der Waals surface area contributed by atoms with E-state index in [1.165, 1.54) is 5.56 Å². The Hall–Kier alpha value is -2.20. The number of ketones is 2. The summed E-state index contributed by atoms with van der Waals surface area (Å²) in [6.45, 7) is 11.2. The molecule has 0 N–H and O–H groups in total. The van der Waals surface area contributed by atoms with Crippen molar-refractivity contribution in [1.82, 2.24) is 9.96 Å². The van der Waals surface area contributed by atoms with Crippen LogP contribution in [0.4, 0.5) is 0 Å². The van der Waals surface area contributed by atoms with Crippen LogP contribution in [0.3, 0.4) is 0 Å². The number of hydroxylamine groups is 2. The number of hydrogen-bond acceptors (Lipinski definition) is 5. The van der Waals surface area contributed by atoms with Crippen LogP contribution in [0.15, 0.2) is 30.5 Å². The van der Waals surface area contributed by atoms with Crippen molar-refractivity contribution in [3.8, 4) is 0 Å². The SMILES string of the molecule is C=C=C1c2cccc(CN(C)OC(C)(C)C)c2CN1C1CCC(=O)CCC1=O. The molecule has 0 radical (unpaired) electrons. The van der Waals surface area contributed by atoms with E-state index in [0.717, 1.165) is 16.8 Å². The normalized spacial score (nSPS) is 20.4. The molecule has 1 saturated carbocycles. The van der Waals surface area contributed by atoms with Crippen LogP contribution in [0.1, 0.15) is 63.1 Å². The van der Waals surface area contributed by atoms with Crippen LogP contribution in [0.5, 0.6) is 0 Å². The van der Waals surface area contributed by atoms with E-state index in [2.05, 4.69) is 29.3 Å². The first-order valence-electron chi connectivity index (χ1n) is 9.92. The first-order valence-corrected chi connectivity index (χ1v) is 9.92. The zero-order chi connectivity index (χ0) is 20.5. The lowest BCUT2D eigenvalue weighted by molar-refractivity contribution is -0.219. The van der Waals surface area contributed by atoms with Crippen molar-refractivity contribution in [2.75, 3.05) is 7.05 Å². The Morgan fingerprint density at radius 1 is 1.25 bits per heavy atom. The molecule has 1 aromatic rings. The number of nitrogens with zero attached hydrogens (tertiary/aromatic N) is 2. The standard InChI is InChI=1S/C23H30N2O3/c1-6-20-18-9-7-8-16(14-24(5)28-23(2,3)4)19(18)15-25(20)21-12-10-17(26)11-13-22(21)27/h7-9,21H,1,10-15H2,2-5H3. The number of carbonyl (C=O) groups is 2. The molecule has 1 heterocycles. The Balaban J connectivity index is 1.87. The topological polar surface area (TPSA) is 49.9 Å². The van der Waals surface area contributed by atoms with Gasteiger partial charge < -0.3 is 4.90 Å². The Morgan fingerprint density at radius 2 is 2.00 bits per heavy atom. The van der Waals surface area contributed by atoms with E-state index < -0.39 is 0 Å². The fourth-order valence-electron chi connectivity index (χ4n) is 4.14. The summed E-state index contributed by atoms with van der Waals surface area (Å²) in [5.74, 6) is 0.319. The van der Waals surface area contributed by atoms with Crippen LogP contribution in [0, 0.1) is 0 Å². The van der Waals surface area contributed by atoms with Crippen LogP contribution in [0.2, 0.25) is 0 Å². The van der Waals surface area contributed by atoms with Gasteiger partial charge in [0.05, 0.1) is 17.3 Å². The van der Waals surface area contributed by atoms with Crippen molar-refractivity contribution in [2.24, 2.45) is 0 Å². The van der Waals surface area contributed by atoms with Gasteiger partial charge in [-0.2, -0.15) is 5.06 Å². The van der Waals surface area contributed by atoms with E-state index in [4.69, 9.17) is 4.84 Å². The van der Waals surface area contributed by atoms with Gasteiger partial charge in [0, 0.05) is 45.0 Å². The van der Waals surface area contributed by atoms with E-state index in [-0.39, 0.29) is 23.2 Å². The largest absolute Gasteiger partial charge is 0.350 e. The minimum atomic E-state index is -0.278. The lowest BCUT2D eigenvalue weighted by atomic mass is 10.0. The second-order valence-electron chi connectivity index (χ2n) is 8.65. The molecule has 1 aliphatic carbocycles. The summed E-state index contributed by atoms with van der Waals surface area (Å²) in [5.41, 5.74) is 7.07. The second-order valence-corrected chi connectivity index (χ2v) is 8.65. The maximum absolute atomic E-state index is 12.7. The highest BCUT2D eigenvalue weighted by molar-refractivity contribution is 5.93. The predicted octanol–water partition coefficient (Wildman–Crippen LogP) is 3.87. The smallest absolute Gasteiger partial charge is 0.155 e. The highest BCUT2D eigenvalue weighted by atomic mass is 16.7. The fraction of sp³-hybridized carbons (Fsp3) is 0.522. The minimum absolute atomic E-state index is 0.140. The molecule has 5 nitrogen and oxygen atoms in total. The van der Waals surface area contributed by atoms with Crippen molar-refractivity contribution in [1.29, 1.82) is 0 Å². The van der Waals surface area contributed by atoms with Gasteiger partial charge >= 0.3 is 0 Å². The molecule has 0 saturated heterocycles. The zero-order valence-corrected chi connectivity index (χ0v) is 17.4. The molecular weight excluding hydrogens is 352 g/mol. The molecular formula is C23H30N2O3. The molecule has 150 valence electrons. The van der Waals surface area contributed by atoms with Gasteiger partial charge in [-0.15, -0.1) is 5.73 Å². The summed E-state index contributed by atoms with van der Waals surface area (Å²) < 4.78 is 0. The van der Waals surface area contributed by atoms with Crippen molar-refractivity contribution in [2.45, 2.75) is 71.2 Å². The predicted molar refractivity (Wildman–Crippen MR) is 109 cm³/mol. The molecule has 2 aliphatic rings. The van der Waals surface area contributed by atoms with Crippen LogP contribution in [-0.2, 0) is 27.5 Å². The molecule has 28 heavy (non-hydrogen) atoms. The number of fused-ring (bicyclic) bond motifs is 1. The maximum Gasteiger partial charge on any atom is 0.155 e. The van der Waals surface area contributed by atoms with Gasteiger partial charge in [-0.3, -0.25) is 14.4 Å². The quantitative estimate of drug-likeness (QED) is 0.449. The summed E-state index contributed by atoms with van der Waals surface area (Å²) in [6.07, 6.45) is 1.72. The Kier molecular flexibility index (Phi) is 5.90. The number of rotatable bonds is 4. The van der Waals surface area contributed by atoms with Gasteiger partial charge in [0.1, 0.15) is 5.78 Å². The number of hydrogen-bond donors (Lipinski definition) is 0. The third kappa shape index (κ3) is 4.44. The number of carbonyl (C=O) groups excluding carboxylic acids is 2. The molecule has 0 amide bonds. The van der Waals surface area contributed by atoms with Crippen LogP contribution < -0.4 is 0 Å². The second kappa shape index (κ2) is 8.04. The first-order chi connectivity index (χ1) is 13.2. The monoisotopic (exact) mass is 382 g/mol. The van der Waals surface area contributed by atoms with Crippen molar-refractivity contribution in [3.63, 3.8) is 0 Å². The van der Waals surface area contributed by atoms with Crippen LogP contribution >= 0.6 is 0 Å². The van der Waals surface area contributed by atoms with Gasteiger partial charge in [-0.25, -0.2) is 0 Å². The highest BCUT2D eigenvalue weighted by Crippen LogP contribution is 2.38. The van der Waals surface area contributed by atoms with E-state index >= 15 is 0 Å². The summed E-state index contributed by atoms with van der Waals surface area (Å²) >= 11 is 0. The Labute approximate surface area is 167 Å². The molecule has 0 bridgehead atoms. The van der Waals surface area contributed by atoms with E-state index in [9.17, 15) is 9.59 Å². The van der Waals surface area contributed by atoms with E-state index in [0.29, 0.717) is 38.8 Å². The third-order valence-electron chi connectivity index (χ3n) is 5.23. The molecule has 0 aromatic heterocycles. The molecule has 1 aliphatic heterocycles. The third-order valence-corrected chi connectivity index (χ3v) is 5.23. The van der Waals surface area contributed by atoms with Gasteiger partial charge in [-0.05, 0) is 38.3 Å². The van der Waals surface area contributed by atoms with Gasteiger partial charge in [0.2, 0.25) is 0 Å². The Bertz CT molecular complexity index is 831. The summed E-state index contributed by atoms with van der Waals surface area (Å²) in [4.78, 5) is 32.5. The molecule has 1 unspecified atom stereocenters. The summed E-state index contributed by atoms with van der Waals surface area (Å²) in [7, 11) is 1.93. The molecule has 0 spiro atoms. The molecule has 3 rings (SSSR count). The van der Waals surface area contributed by atoms with Crippen molar-refractivity contribution in [3.05, 3.63) is 47.2 Å². The maximum atomic E-state index is 12.7. The molecule has 1 aromatic carbocycles. The average molecular weight is 383 g/mol. The molecule has 1 atom stereocenters. The van der Waals surface area contributed by atoms with Crippen LogP contribution in [0.25, 0.3) is 5.70 Å². The number of Topliss-reactive ketones (excluding diaryl/α,β-unsaturated/α-hetero) is 2. The first kappa shape index (κ1) is 20.5. The van der Waals surface area contributed by atoms with Gasteiger partial charge in [-0.1, -0.05) is 24.8 Å². The highest BCUT2D eigenvalue weighted by Gasteiger charge is 2.36. The number of benzene rings is 1. The summed E-state index contributed by atoms with van der Waals surface area (Å²) in [6, 6.07) is 5.91. The fourth-order valence-corrected chi connectivity index (χ4v) is 4.14. The van der Waals surface area contributed by atoms with Gasteiger partial charge in [0.25, 0.3) is 0 Å². The van der Waals surface area contributed by atoms with Crippen molar-refractivity contribution >= 4 is 17.3 Å². The average Bonchev–Trinajstić information content (AvgIpc) is 2.89. The van der Waals surface area contributed by atoms with Gasteiger partial charge in [0.15, 0.2) is 5.78 Å². The lowest BCUT2D eigenvalue weighted by Gasteiger charge is -2.28. The zero-order valence-electron chi connectivity index (χ0n) is 17.4. The molecule has 1 fully saturated rings. The van der Waals surface area contributed by atoms with Crippen molar-refractivity contribution < 1.29 is 14.4 Å². The van der Waals surface area contributed by atoms with Crippen LogP contribution in [-0.4, -0.2) is 40.2 Å². The van der Waals surface area contributed by atoms with E-state index in [1.54, 1.807) is 0 Å². The summed E-state index contributed by atoms with van der Waals surface area (Å²) in [5, 5.41) is 1.85. The van der Waals surface area contributed by atoms with E-state index in [1.807, 2.05) is 38.9 Å². The molecule has 5 heteroatoms.